The van der Waals surface area contributed by atoms with Gasteiger partial charge >= 0.3 is 12.3 Å². The van der Waals surface area contributed by atoms with E-state index >= 15 is 0 Å². The maximum atomic E-state index is 12.1. The summed E-state index contributed by atoms with van der Waals surface area (Å²) in [6, 6.07) is 5.16. The summed E-state index contributed by atoms with van der Waals surface area (Å²) in [6.45, 7) is 2.00. The number of carbonyl (C=O) groups excluding carboxylic acids is 1. The number of hydrogen-bond acceptors (Lipinski definition) is 4. The Labute approximate surface area is 135 Å². The molecule has 1 N–H and O–H groups in total. The molecule has 1 aromatic heterocycles. The van der Waals surface area contributed by atoms with E-state index in [9.17, 15) is 18.0 Å². The fourth-order valence-electron chi connectivity index (χ4n) is 1.93. The number of ether oxygens (including phenoxy) is 2. The lowest BCUT2D eigenvalue weighted by atomic mass is 10.2. The summed E-state index contributed by atoms with van der Waals surface area (Å²) in [5, 5.41) is 5.24. The van der Waals surface area contributed by atoms with E-state index in [0.717, 1.165) is 10.1 Å². The van der Waals surface area contributed by atoms with Crippen LogP contribution in [-0.2, 0) is 4.74 Å². The molecule has 0 spiro atoms. The van der Waals surface area contributed by atoms with Gasteiger partial charge in [0.05, 0.1) is 18.9 Å². The van der Waals surface area contributed by atoms with Gasteiger partial charge in [0.25, 0.3) is 0 Å². The maximum Gasteiger partial charge on any atom is 0.411 e. The molecule has 0 aliphatic rings. The predicted octanol–water partition coefficient (Wildman–Crippen LogP) is 5.19. The molecule has 0 bridgehead atoms. The van der Waals surface area contributed by atoms with Gasteiger partial charge in [-0.2, -0.15) is 13.2 Å². The van der Waals surface area contributed by atoms with Crippen LogP contribution < -0.4 is 10.1 Å². The van der Waals surface area contributed by atoms with E-state index in [1.807, 2.05) is 0 Å². The van der Waals surface area contributed by atoms with Crippen molar-refractivity contribution in [3.05, 3.63) is 23.6 Å². The van der Waals surface area contributed by atoms with Crippen LogP contribution in [0.25, 0.3) is 10.1 Å². The third-order valence-corrected chi connectivity index (χ3v) is 3.88. The lowest BCUT2D eigenvalue weighted by molar-refractivity contribution is -0.136. The molecule has 126 valence electrons. The Balaban J connectivity index is 1.96. The molecule has 2 rings (SSSR count). The molecule has 4 nitrogen and oxygen atoms in total. The highest BCUT2D eigenvalue weighted by Gasteiger charge is 2.26. The summed E-state index contributed by atoms with van der Waals surface area (Å²) >= 11 is 1.40. The quantitative estimate of drug-likeness (QED) is 0.732. The van der Waals surface area contributed by atoms with Gasteiger partial charge in [-0.25, -0.2) is 4.79 Å². The lowest BCUT2D eigenvalue weighted by Crippen LogP contribution is -2.12. The average molecular weight is 347 g/mol. The van der Waals surface area contributed by atoms with E-state index in [4.69, 9.17) is 9.47 Å². The van der Waals surface area contributed by atoms with Gasteiger partial charge in [-0.3, -0.25) is 5.32 Å². The second-order valence-electron chi connectivity index (χ2n) is 4.72. The molecule has 8 heteroatoms. The number of alkyl halides is 3. The highest BCUT2D eigenvalue weighted by molar-refractivity contribution is 7.17. The van der Waals surface area contributed by atoms with Gasteiger partial charge in [-0.1, -0.05) is 0 Å². The zero-order valence-electron chi connectivity index (χ0n) is 12.4. The second kappa shape index (κ2) is 7.54. The number of rotatable bonds is 6. The van der Waals surface area contributed by atoms with Crippen molar-refractivity contribution in [1.29, 1.82) is 0 Å². The van der Waals surface area contributed by atoms with Crippen LogP contribution in [0.5, 0.6) is 5.75 Å². The zero-order chi connectivity index (χ0) is 16.9. The average Bonchev–Trinajstić information content (AvgIpc) is 2.85. The first-order valence-corrected chi connectivity index (χ1v) is 7.91. The normalized spacial score (nSPS) is 11.5. The molecule has 0 aliphatic heterocycles. The Kier molecular flexibility index (Phi) is 5.70. The summed E-state index contributed by atoms with van der Waals surface area (Å²) < 4.78 is 47.2. The molecule has 23 heavy (non-hydrogen) atoms. The van der Waals surface area contributed by atoms with Crippen LogP contribution >= 0.6 is 11.3 Å². The Morgan fingerprint density at radius 3 is 2.83 bits per heavy atom. The van der Waals surface area contributed by atoms with E-state index in [2.05, 4.69) is 5.32 Å². The number of amides is 1. The summed E-state index contributed by atoms with van der Waals surface area (Å²) in [5.74, 6) is 0.504. The molecular formula is C15H16F3NO3S. The first-order chi connectivity index (χ1) is 10.9. The van der Waals surface area contributed by atoms with Crippen molar-refractivity contribution < 1.29 is 27.4 Å². The highest BCUT2D eigenvalue weighted by Crippen LogP contribution is 2.33. The Morgan fingerprint density at radius 2 is 2.13 bits per heavy atom. The SMILES string of the molecule is CCOC(=O)Nc1csc2cc(OCCCC(F)(F)F)ccc12. The number of hydrogen-bond donors (Lipinski definition) is 1. The fraction of sp³-hybridized carbons (Fsp3) is 0.400. The molecule has 0 saturated carbocycles. The van der Waals surface area contributed by atoms with E-state index in [1.165, 1.54) is 11.3 Å². The van der Waals surface area contributed by atoms with Crippen molar-refractivity contribution >= 4 is 33.2 Å². The number of carbonyl (C=O) groups is 1. The molecule has 0 atom stereocenters. The number of halogens is 3. The zero-order valence-corrected chi connectivity index (χ0v) is 13.2. The van der Waals surface area contributed by atoms with Crippen molar-refractivity contribution in [2.45, 2.75) is 25.9 Å². The van der Waals surface area contributed by atoms with Crippen LogP contribution in [0.4, 0.5) is 23.7 Å². The lowest BCUT2D eigenvalue weighted by Gasteiger charge is -2.08. The minimum absolute atomic E-state index is 0.00429. The van der Waals surface area contributed by atoms with Crippen LogP contribution in [-0.4, -0.2) is 25.5 Å². The third-order valence-electron chi connectivity index (χ3n) is 2.93. The van der Waals surface area contributed by atoms with Gasteiger partial charge in [-0.05, 0) is 31.5 Å². The number of anilines is 1. The third kappa shape index (κ3) is 5.31. The number of thiophene rings is 1. The number of fused-ring (bicyclic) bond motifs is 1. The molecular weight excluding hydrogens is 331 g/mol. The molecule has 1 heterocycles. The fourth-order valence-corrected chi connectivity index (χ4v) is 2.85. The van der Waals surface area contributed by atoms with E-state index in [1.54, 1.807) is 30.5 Å². The minimum Gasteiger partial charge on any atom is -0.494 e. The smallest absolute Gasteiger partial charge is 0.411 e. The first kappa shape index (κ1) is 17.4. The second-order valence-corrected chi connectivity index (χ2v) is 5.63. The van der Waals surface area contributed by atoms with Crippen molar-refractivity contribution in [3.63, 3.8) is 0 Å². The standard InChI is InChI=1S/C15H16F3NO3S/c1-2-21-14(20)19-12-9-23-13-8-10(4-5-11(12)13)22-7-3-6-15(16,17)18/h4-5,8-9H,2-3,6-7H2,1H3,(H,19,20). The van der Waals surface area contributed by atoms with Gasteiger partial charge < -0.3 is 9.47 Å². The minimum atomic E-state index is -4.16. The Hall–Kier alpha value is -1.96. The highest BCUT2D eigenvalue weighted by atomic mass is 32.1. The van der Waals surface area contributed by atoms with Crippen LogP contribution in [0.15, 0.2) is 23.6 Å². The van der Waals surface area contributed by atoms with Crippen molar-refractivity contribution in [2.24, 2.45) is 0 Å². The molecule has 0 radical (unpaired) electrons. The monoisotopic (exact) mass is 347 g/mol. The Morgan fingerprint density at radius 1 is 1.35 bits per heavy atom. The summed E-state index contributed by atoms with van der Waals surface area (Å²) in [5.41, 5.74) is 0.632. The molecule has 0 aliphatic carbocycles. The van der Waals surface area contributed by atoms with E-state index < -0.39 is 18.7 Å². The van der Waals surface area contributed by atoms with Crippen LogP contribution in [0.1, 0.15) is 19.8 Å². The molecule has 0 fully saturated rings. The molecule has 2 aromatic rings. The molecule has 1 amide bonds. The maximum absolute atomic E-state index is 12.1. The van der Waals surface area contributed by atoms with Crippen molar-refractivity contribution in [1.82, 2.24) is 0 Å². The molecule has 0 unspecified atom stereocenters. The largest absolute Gasteiger partial charge is 0.494 e. The van der Waals surface area contributed by atoms with Crippen molar-refractivity contribution in [3.8, 4) is 5.75 Å². The first-order valence-electron chi connectivity index (χ1n) is 7.03. The van der Waals surface area contributed by atoms with Gasteiger partial charge in [0.1, 0.15) is 5.75 Å². The topological polar surface area (TPSA) is 47.6 Å². The van der Waals surface area contributed by atoms with Crippen LogP contribution in [0, 0.1) is 0 Å². The van der Waals surface area contributed by atoms with Gasteiger partial charge in [-0.15, -0.1) is 11.3 Å². The van der Waals surface area contributed by atoms with E-state index in [-0.39, 0.29) is 19.6 Å². The van der Waals surface area contributed by atoms with E-state index in [0.29, 0.717) is 11.4 Å². The van der Waals surface area contributed by atoms with Gasteiger partial charge in [0.2, 0.25) is 0 Å². The molecule has 0 saturated heterocycles. The number of benzene rings is 1. The van der Waals surface area contributed by atoms with Crippen LogP contribution in [0.2, 0.25) is 0 Å². The Bertz CT molecular complexity index is 670. The van der Waals surface area contributed by atoms with Crippen LogP contribution in [0.3, 0.4) is 0 Å². The van der Waals surface area contributed by atoms with Gasteiger partial charge in [0.15, 0.2) is 0 Å². The summed E-state index contributed by atoms with van der Waals surface area (Å²) in [4.78, 5) is 11.4. The summed E-state index contributed by atoms with van der Waals surface area (Å²) in [7, 11) is 0. The number of nitrogens with one attached hydrogen (secondary N) is 1. The molecule has 1 aromatic carbocycles. The van der Waals surface area contributed by atoms with Crippen molar-refractivity contribution in [2.75, 3.05) is 18.5 Å². The van der Waals surface area contributed by atoms with Gasteiger partial charge in [0, 0.05) is 21.9 Å². The predicted molar refractivity (Wildman–Crippen MR) is 83.3 cm³/mol. The summed E-state index contributed by atoms with van der Waals surface area (Å²) in [6.07, 6.45) is -5.63.